The SMILES string of the molecule is C.CCCCCCCCCS(=O)(=O)Cc1ccccc1S(N)(=O)=O.CCCCCCCCCS(=O)(=O)Cl.NS(=O)(=O)c1ccccc1[N+](=O)[O-].Nc1ccccc1S(N)(=O)=O. The predicted molar refractivity (Wildman–Crippen MR) is 244 cm³/mol. The number of hydrogen-bond donors (Lipinski definition) is 4. The molecular formula is C38H64ClN5O12S5. The maximum atomic E-state index is 12.2. The Kier molecular flexibility index (Phi) is 29.4. The summed E-state index contributed by atoms with van der Waals surface area (Å²) in [5, 5.41) is 25.1. The van der Waals surface area contributed by atoms with Crippen LogP contribution in [0.4, 0.5) is 11.4 Å². The van der Waals surface area contributed by atoms with Gasteiger partial charge in [0, 0.05) is 16.7 Å². The first-order chi connectivity index (χ1) is 27.8. The van der Waals surface area contributed by atoms with E-state index in [1.807, 2.05) is 0 Å². The van der Waals surface area contributed by atoms with Gasteiger partial charge in [-0.2, -0.15) is 0 Å². The minimum absolute atomic E-state index is 0. The Bertz CT molecular complexity index is 2310. The quantitative estimate of drug-likeness (QED) is 0.0257. The summed E-state index contributed by atoms with van der Waals surface area (Å²) < 4.78 is 112. The second-order valence-corrected chi connectivity index (χ2v) is 23.3. The molecule has 0 bridgehead atoms. The lowest BCUT2D eigenvalue weighted by molar-refractivity contribution is -0.387. The standard InChI is InChI=1S/C16H27NO4S2.C9H19ClO2S.C6H6N2O4S.C6H8N2O2S.CH4/c1-2-3-4-5-6-7-10-13-22(18,19)14-15-11-8-9-12-16(15)23(17,20)21;1-2-3-4-5-6-7-8-9-13(10,11)12;7-13(11,12)6-4-2-1-3-5(6)8(9)10;7-5-3-1-2-4-6(5)11(8,9)10;/h8-9,11-12H,2-7,10,13-14H2,1H3,(H2,17,20,21);2-9H2,1H3;1-4H,(H2,7,11,12);1-4H,7H2,(H2,8,9,10);1H4. The molecule has 0 radical (unpaired) electrons. The molecule has 0 unspecified atom stereocenters. The smallest absolute Gasteiger partial charge is 0.289 e. The molecule has 0 spiro atoms. The molecule has 0 aromatic heterocycles. The van der Waals surface area contributed by atoms with Gasteiger partial charge in [-0.1, -0.05) is 141 Å². The summed E-state index contributed by atoms with van der Waals surface area (Å²) in [6, 6.07) is 17.0. The van der Waals surface area contributed by atoms with Crippen molar-refractivity contribution in [2.45, 2.75) is 132 Å². The van der Waals surface area contributed by atoms with Crippen molar-refractivity contribution in [1.29, 1.82) is 0 Å². The van der Waals surface area contributed by atoms with Crippen LogP contribution >= 0.6 is 10.7 Å². The lowest BCUT2D eigenvalue weighted by Crippen LogP contribution is -2.17. The molecule has 0 atom stereocenters. The van der Waals surface area contributed by atoms with Gasteiger partial charge in [-0.25, -0.2) is 57.5 Å². The Balaban J connectivity index is 0. The third-order valence-electron chi connectivity index (χ3n) is 8.30. The van der Waals surface area contributed by atoms with E-state index in [9.17, 15) is 52.2 Å². The molecule has 0 heterocycles. The van der Waals surface area contributed by atoms with Gasteiger partial charge in [-0.15, -0.1) is 0 Å². The number of para-hydroxylation sites is 2. The van der Waals surface area contributed by atoms with Crippen LogP contribution in [0.15, 0.2) is 87.5 Å². The van der Waals surface area contributed by atoms with Crippen molar-refractivity contribution in [3.8, 4) is 0 Å². The molecule has 0 saturated carbocycles. The third kappa shape index (κ3) is 28.9. The average molecular weight is 979 g/mol. The number of benzene rings is 3. The molecule has 0 amide bonds. The van der Waals surface area contributed by atoms with Crippen LogP contribution in [0.25, 0.3) is 0 Å². The number of rotatable bonds is 22. The highest BCUT2D eigenvalue weighted by Crippen LogP contribution is 2.21. The first kappa shape index (κ1) is 59.9. The highest BCUT2D eigenvalue weighted by molar-refractivity contribution is 8.13. The minimum atomic E-state index is -4.02. The molecule has 350 valence electrons. The predicted octanol–water partition coefficient (Wildman–Crippen LogP) is 7.10. The normalized spacial score (nSPS) is 11.6. The highest BCUT2D eigenvalue weighted by atomic mass is 35.7. The molecule has 61 heavy (non-hydrogen) atoms. The maximum Gasteiger partial charge on any atom is 0.289 e. The van der Waals surface area contributed by atoms with E-state index in [0.29, 0.717) is 12.8 Å². The number of anilines is 1. The van der Waals surface area contributed by atoms with E-state index in [2.05, 4.69) is 13.8 Å². The van der Waals surface area contributed by atoms with E-state index in [0.717, 1.165) is 44.2 Å². The summed E-state index contributed by atoms with van der Waals surface area (Å²) in [7, 11) is -13.1. The van der Waals surface area contributed by atoms with Gasteiger partial charge in [-0.3, -0.25) is 10.1 Å². The van der Waals surface area contributed by atoms with Crippen molar-refractivity contribution in [3.05, 3.63) is 88.5 Å². The summed E-state index contributed by atoms with van der Waals surface area (Å²) in [5.74, 6) is -0.0719. The van der Waals surface area contributed by atoms with Crippen molar-refractivity contribution in [1.82, 2.24) is 0 Å². The van der Waals surface area contributed by atoms with E-state index in [4.69, 9.17) is 31.8 Å². The average Bonchev–Trinajstić information content (AvgIpc) is 3.13. The molecule has 3 rings (SSSR count). The largest absolute Gasteiger partial charge is 0.398 e. The van der Waals surface area contributed by atoms with Crippen molar-refractivity contribution in [2.75, 3.05) is 17.2 Å². The number of nitrogen functional groups attached to an aromatic ring is 1. The topological polar surface area (TPSA) is 318 Å². The fraction of sp³-hybridized carbons (Fsp3) is 0.526. The summed E-state index contributed by atoms with van der Waals surface area (Å²) >= 11 is 0. The van der Waals surface area contributed by atoms with E-state index < -0.39 is 64.5 Å². The molecule has 0 aliphatic carbocycles. The number of hydrogen-bond acceptors (Lipinski definition) is 13. The molecule has 0 aliphatic rings. The van der Waals surface area contributed by atoms with Gasteiger partial charge >= 0.3 is 0 Å². The van der Waals surface area contributed by atoms with E-state index in [1.54, 1.807) is 18.2 Å². The van der Waals surface area contributed by atoms with Gasteiger partial charge < -0.3 is 5.73 Å². The van der Waals surface area contributed by atoms with Crippen LogP contribution in [0, 0.1) is 10.1 Å². The second kappa shape index (κ2) is 30.0. The van der Waals surface area contributed by atoms with Crippen LogP contribution < -0.4 is 21.2 Å². The number of nitrogens with two attached hydrogens (primary N) is 4. The molecule has 17 nitrogen and oxygen atoms in total. The van der Waals surface area contributed by atoms with E-state index in [1.165, 1.54) is 87.4 Å². The van der Waals surface area contributed by atoms with Gasteiger partial charge in [0.1, 0.15) is 4.90 Å². The van der Waals surface area contributed by atoms with Gasteiger partial charge in [0.15, 0.2) is 14.7 Å². The number of nitro groups is 1. The summed E-state index contributed by atoms with van der Waals surface area (Å²) in [4.78, 5) is 8.95. The highest BCUT2D eigenvalue weighted by Gasteiger charge is 2.21. The molecule has 3 aromatic carbocycles. The van der Waals surface area contributed by atoms with Crippen LogP contribution in [0.5, 0.6) is 0 Å². The monoisotopic (exact) mass is 977 g/mol. The molecule has 23 heteroatoms. The molecule has 0 saturated heterocycles. The molecule has 0 aliphatic heterocycles. The first-order valence-electron chi connectivity index (χ1n) is 19.1. The molecule has 3 aromatic rings. The lowest BCUT2D eigenvalue weighted by atomic mass is 10.1. The fourth-order valence-corrected chi connectivity index (χ4v) is 9.93. The van der Waals surface area contributed by atoms with Crippen LogP contribution in [-0.2, 0) is 54.7 Å². The number of nitro benzene ring substituents is 1. The number of unbranched alkanes of at least 4 members (excludes halogenated alkanes) is 12. The maximum absolute atomic E-state index is 12.2. The number of primary sulfonamides is 3. The van der Waals surface area contributed by atoms with Crippen LogP contribution in [0.1, 0.15) is 117 Å². The van der Waals surface area contributed by atoms with Gasteiger partial charge in [-0.05, 0) is 42.7 Å². The number of sulfone groups is 1. The van der Waals surface area contributed by atoms with Crippen LogP contribution in [0.2, 0.25) is 0 Å². The minimum Gasteiger partial charge on any atom is -0.398 e. The third-order valence-corrected chi connectivity index (χ3v) is 14.2. The number of halogens is 1. The molecular weight excluding hydrogens is 914 g/mol. The summed E-state index contributed by atoms with van der Waals surface area (Å²) in [6.45, 7) is 4.34. The van der Waals surface area contributed by atoms with Gasteiger partial charge in [0.05, 0.1) is 32.8 Å². The Morgan fingerprint density at radius 2 is 0.885 bits per heavy atom. The molecule has 8 N–H and O–H groups in total. The Morgan fingerprint density at radius 3 is 1.26 bits per heavy atom. The van der Waals surface area contributed by atoms with Crippen LogP contribution in [-0.4, -0.2) is 58.5 Å². The number of sulfonamides is 3. The van der Waals surface area contributed by atoms with Crippen molar-refractivity contribution in [3.63, 3.8) is 0 Å². The van der Waals surface area contributed by atoms with Gasteiger partial charge in [0.2, 0.25) is 39.1 Å². The zero-order valence-corrected chi connectivity index (χ0v) is 38.9. The summed E-state index contributed by atoms with van der Waals surface area (Å²) in [6.07, 6.45) is 15.1. The fourth-order valence-electron chi connectivity index (χ4n) is 5.31. The van der Waals surface area contributed by atoms with Crippen molar-refractivity contribution >= 4 is 71.0 Å². The number of nitrogens with zero attached hydrogens (tertiary/aromatic N) is 1. The van der Waals surface area contributed by atoms with Crippen LogP contribution in [0.3, 0.4) is 0 Å². The Morgan fingerprint density at radius 1 is 0.525 bits per heavy atom. The Hall–Kier alpha value is -3.22. The van der Waals surface area contributed by atoms with Crippen molar-refractivity contribution in [2.24, 2.45) is 15.4 Å². The zero-order valence-electron chi connectivity index (χ0n) is 34.0. The molecule has 0 fully saturated rings. The Labute approximate surface area is 368 Å². The summed E-state index contributed by atoms with van der Waals surface area (Å²) in [5.41, 5.74) is 5.26. The lowest BCUT2D eigenvalue weighted by Gasteiger charge is -2.08. The van der Waals surface area contributed by atoms with E-state index in [-0.39, 0.29) is 45.7 Å². The first-order valence-corrected chi connectivity index (χ1v) is 28.1. The van der Waals surface area contributed by atoms with Crippen molar-refractivity contribution < 1.29 is 47.0 Å². The van der Waals surface area contributed by atoms with E-state index >= 15 is 0 Å². The van der Waals surface area contributed by atoms with Gasteiger partial charge in [0.25, 0.3) is 5.69 Å². The zero-order chi connectivity index (χ0) is 46.0. The second-order valence-electron chi connectivity index (χ2n) is 13.6.